The second-order valence-corrected chi connectivity index (χ2v) is 6.62. The highest BCUT2D eigenvalue weighted by molar-refractivity contribution is 7.08. The van der Waals surface area contributed by atoms with Crippen molar-refractivity contribution in [3.8, 4) is 17.0 Å². The summed E-state index contributed by atoms with van der Waals surface area (Å²) in [4.78, 5) is 13.1. The van der Waals surface area contributed by atoms with Crippen molar-refractivity contribution in [3.63, 3.8) is 0 Å². The molecule has 0 aliphatic heterocycles. The van der Waals surface area contributed by atoms with Crippen molar-refractivity contribution in [2.45, 2.75) is 13.0 Å². The fourth-order valence-electron chi connectivity index (χ4n) is 2.37. The predicted octanol–water partition coefficient (Wildman–Crippen LogP) is 4.36. The van der Waals surface area contributed by atoms with Gasteiger partial charge in [-0.3, -0.25) is 4.79 Å². The average Bonchev–Trinajstić information content (AvgIpc) is 3.12. The predicted molar refractivity (Wildman–Crippen MR) is 99.2 cm³/mol. The normalized spacial score (nSPS) is 11.8. The van der Waals surface area contributed by atoms with E-state index in [1.54, 1.807) is 19.2 Å². The van der Waals surface area contributed by atoms with Gasteiger partial charge in [-0.15, -0.1) is 5.10 Å². The first-order valence-electron chi connectivity index (χ1n) is 7.61. The number of hydrogen-bond acceptors (Lipinski definition) is 5. The quantitative estimate of drug-likeness (QED) is 0.721. The van der Waals surface area contributed by atoms with Crippen LogP contribution in [0, 0.1) is 0 Å². The first-order valence-corrected chi connectivity index (χ1v) is 8.76. The van der Waals surface area contributed by atoms with Gasteiger partial charge in [-0.1, -0.05) is 28.2 Å². The van der Waals surface area contributed by atoms with E-state index in [2.05, 4.69) is 14.9 Å². The van der Waals surface area contributed by atoms with E-state index < -0.39 is 0 Å². The molecule has 0 radical (unpaired) electrons. The molecule has 7 heteroatoms. The molecule has 0 saturated carbocycles. The minimum Gasteiger partial charge on any atom is -0.497 e. The molecule has 1 N–H and O–H groups in total. The van der Waals surface area contributed by atoms with Crippen molar-refractivity contribution in [3.05, 3.63) is 64.0 Å². The summed E-state index contributed by atoms with van der Waals surface area (Å²) < 4.78 is 9.09. The standard InChI is InChI=1S/C18H16ClN3O2S/c1-11(12-3-7-14(19)8-4-12)20-18(23)17-16(21-22-25-17)13-5-9-15(24-2)10-6-13/h3-11H,1-2H3,(H,20,23)/t11-/m1/s1. The Morgan fingerprint density at radius 3 is 2.48 bits per heavy atom. The summed E-state index contributed by atoms with van der Waals surface area (Å²) in [6.45, 7) is 1.92. The number of carbonyl (C=O) groups excluding carboxylic acids is 1. The summed E-state index contributed by atoms with van der Waals surface area (Å²) in [5.74, 6) is 0.539. The molecule has 1 amide bonds. The molecule has 0 spiro atoms. The van der Waals surface area contributed by atoms with Crippen LogP contribution >= 0.6 is 23.1 Å². The fraction of sp³-hybridized carbons (Fsp3) is 0.167. The molecule has 0 unspecified atom stereocenters. The molecular formula is C18H16ClN3O2S. The molecule has 25 heavy (non-hydrogen) atoms. The lowest BCUT2D eigenvalue weighted by Gasteiger charge is -2.14. The molecule has 1 atom stereocenters. The molecule has 2 aromatic carbocycles. The maximum atomic E-state index is 12.6. The van der Waals surface area contributed by atoms with Crippen molar-refractivity contribution in [2.24, 2.45) is 0 Å². The summed E-state index contributed by atoms with van der Waals surface area (Å²) in [7, 11) is 1.61. The molecule has 128 valence electrons. The molecule has 0 aliphatic carbocycles. The van der Waals surface area contributed by atoms with Gasteiger partial charge in [0.15, 0.2) is 0 Å². The maximum absolute atomic E-state index is 12.6. The van der Waals surface area contributed by atoms with Crippen LogP contribution in [0.2, 0.25) is 5.02 Å². The van der Waals surface area contributed by atoms with Gasteiger partial charge in [-0.05, 0) is 60.4 Å². The number of nitrogens with zero attached hydrogens (tertiary/aromatic N) is 2. The number of amides is 1. The van der Waals surface area contributed by atoms with E-state index in [-0.39, 0.29) is 11.9 Å². The lowest BCUT2D eigenvalue weighted by molar-refractivity contribution is 0.0944. The second kappa shape index (κ2) is 7.63. The zero-order chi connectivity index (χ0) is 17.8. The lowest BCUT2D eigenvalue weighted by atomic mass is 10.1. The van der Waals surface area contributed by atoms with Gasteiger partial charge >= 0.3 is 0 Å². The molecule has 0 bridgehead atoms. The van der Waals surface area contributed by atoms with Crippen molar-refractivity contribution >= 4 is 29.0 Å². The number of nitrogens with one attached hydrogen (secondary N) is 1. The van der Waals surface area contributed by atoms with Gasteiger partial charge in [0.25, 0.3) is 5.91 Å². The number of halogens is 1. The Morgan fingerprint density at radius 2 is 1.84 bits per heavy atom. The van der Waals surface area contributed by atoms with Gasteiger partial charge in [0.05, 0.1) is 13.2 Å². The number of aromatic nitrogens is 2. The third kappa shape index (κ3) is 3.97. The molecule has 3 rings (SSSR count). The van der Waals surface area contributed by atoms with E-state index in [9.17, 15) is 4.79 Å². The van der Waals surface area contributed by atoms with Gasteiger partial charge in [0.2, 0.25) is 0 Å². The SMILES string of the molecule is COc1ccc(-c2nnsc2C(=O)N[C@H](C)c2ccc(Cl)cc2)cc1. The van der Waals surface area contributed by atoms with Crippen LogP contribution in [-0.2, 0) is 0 Å². The molecule has 3 aromatic rings. The van der Waals surface area contributed by atoms with Crippen LogP contribution in [0.15, 0.2) is 48.5 Å². The van der Waals surface area contributed by atoms with Gasteiger partial charge in [0, 0.05) is 10.6 Å². The number of carbonyl (C=O) groups is 1. The number of hydrogen-bond donors (Lipinski definition) is 1. The molecule has 5 nitrogen and oxygen atoms in total. The smallest absolute Gasteiger partial charge is 0.265 e. The first kappa shape index (κ1) is 17.4. The summed E-state index contributed by atoms with van der Waals surface area (Å²) >= 11 is 6.98. The number of benzene rings is 2. The van der Waals surface area contributed by atoms with Crippen LogP contribution in [0.4, 0.5) is 0 Å². The summed E-state index contributed by atoms with van der Waals surface area (Å²) in [6.07, 6.45) is 0. The fourth-order valence-corrected chi connectivity index (χ4v) is 3.09. The zero-order valence-corrected chi connectivity index (χ0v) is 15.3. The maximum Gasteiger partial charge on any atom is 0.265 e. The van der Waals surface area contributed by atoms with Crippen LogP contribution in [0.5, 0.6) is 5.75 Å². The minimum absolute atomic E-state index is 0.157. The third-order valence-corrected chi connectivity index (χ3v) is 4.75. The van der Waals surface area contributed by atoms with E-state index in [0.717, 1.165) is 28.4 Å². The van der Waals surface area contributed by atoms with E-state index in [1.165, 1.54) is 0 Å². The highest BCUT2D eigenvalue weighted by atomic mass is 35.5. The molecule has 1 aromatic heterocycles. The summed E-state index contributed by atoms with van der Waals surface area (Å²) in [5, 5.41) is 7.74. The van der Waals surface area contributed by atoms with E-state index in [0.29, 0.717) is 15.6 Å². The van der Waals surface area contributed by atoms with Crippen LogP contribution in [-0.4, -0.2) is 22.6 Å². The van der Waals surface area contributed by atoms with Crippen molar-refractivity contribution in [1.82, 2.24) is 14.9 Å². The first-order chi connectivity index (χ1) is 12.1. The molecule has 1 heterocycles. The molecular weight excluding hydrogens is 358 g/mol. The number of rotatable bonds is 5. The Kier molecular flexibility index (Phi) is 5.31. The average molecular weight is 374 g/mol. The van der Waals surface area contributed by atoms with E-state index >= 15 is 0 Å². The van der Waals surface area contributed by atoms with Gasteiger partial charge in [-0.2, -0.15) is 0 Å². The van der Waals surface area contributed by atoms with Crippen LogP contribution < -0.4 is 10.1 Å². The van der Waals surface area contributed by atoms with E-state index in [4.69, 9.17) is 16.3 Å². The van der Waals surface area contributed by atoms with Crippen molar-refractivity contribution in [1.29, 1.82) is 0 Å². The Hall–Kier alpha value is -2.44. The second-order valence-electron chi connectivity index (χ2n) is 5.43. The Balaban J connectivity index is 1.78. The van der Waals surface area contributed by atoms with Gasteiger partial charge in [0.1, 0.15) is 16.3 Å². The minimum atomic E-state index is -0.205. The van der Waals surface area contributed by atoms with Crippen LogP contribution in [0.25, 0.3) is 11.3 Å². The van der Waals surface area contributed by atoms with Crippen molar-refractivity contribution < 1.29 is 9.53 Å². The third-order valence-electron chi connectivity index (χ3n) is 3.78. The number of methoxy groups -OCH3 is 1. The highest BCUT2D eigenvalue weighted by Crippen LogP contribution is 2.26. The molecule has 0 fully saturated rings. The summed E-state index contributed by atoms with van der Waals surface area (Å²) in [6, 6.07) is 14.6. The van der Waals surface area contributed by atoms with Gasteiger partial charge < -0.3 is 10.1 Å². The van der Waals surface area contributed by atoms with Crippen molar-refractivity contribution in [2.75, 3.05) is 7.11 Å². The highest BCUT2D eigenvalue weighted by Gasteiger charge is 2.20. The molecule has 0 saturated heterocycles. The Bertz CT molecular complexity index is 863. The Labute approximate surface area is 154 Å². The monoisotopic (exact) mass is 373 g/mol. The number of ether oxygens (including phenoxy) is 1. The Morgan fingerprint density at radius 1 is 1.16 bits per heavy atom. The summed E-state index contributed by atoms with van der Waals surface area (Å²) in [5.41, 5.74) is 2.36. The lowest BCUT2D eigenvalue weighted by Crippen LogP contribution is -2.26. The zero-order valence-electron chi connectivity index (χ0n) is 13.7. The largest absolute Gasteiger partial charge is 0.497 e. The molecule has 0 aliphatic rings. The van der Waals surface area contributed by atoms with Crippen LogP contribution in [0.1, 0.15) is 28.2 Å². The van der Waals surface area contributed by atoms with Gasteiger partial charge in [-0.25, -0.2) is 0 Å². The van der Waals surface area contributed by atoms with E-state index in [1.807, 2.05) is 43.3 Å². The topological polar surface area (TPSA) is 64.1 Å². The van der Waals surface area contributed by atoms with Crippen LogP contribution in [0.3, 0.4) is 0 Å².